The fourth-order valence-corrected chi connectivity index (χ4v) is 2.68. The molecule has 0 saturated heterocycles. The molecule has 1 N–H and O–H groups in total. The average molecular weight is 266 g/mol. The fourth-order valence-electron chi connectivity index (χ4n) is 2.68. The number of hydrogen-bond acceptors (Lipinski definition) is 2. The molecule has 1 heterocycles. The number of rotatable bonds is 9. The third-order valence-electron chi connectivity index (χ3n) is 4.28. The lowest BCUT2D eigenvalue weighted by Crippen LogP contribution is -2.28. The van der Waals surface area contributed by atoms with Crippen LogP contribution in [0.2, 0.25) is 0 Å². The number of aliphatic hydroxyl groups is 1. The van der Waals surface area contributed by atoms with Gasteiger partial charge < -0.3 is 5.11 Å². The summed E-state index contributed by atoms with van der Waals surface area (Å²) in [4.78, 5) is 0. The van der Waals surface area contributed by atoms with E-state index in [-0.39, 0.29) is 12.0 Å². The molecule has 1 aromatic heterocycles. The molecule has 1 atom stereocenters. The van der Waals surface area contributed by atoms with Gasteiger partial charge in [0.15, 0.2) is 0 Å². The van der Waals surface area contributed by atoms with E-state index < -0.39 is 0 Å². The Kier molecular flexibility index (Phi) is 6.56. The molecule has 1 aromatic rings. The molecule has 0 radical (unpaired) electrons. The Labute approximate surface area is 118 Å². The summed E-state index contributed by atoms with van der Waals surface area (Å²) in [5, 5.41) is 14.5. The van der Waals surface area contributed by atoms with Crippen LogP contribution >= 0.6 is 0 Å². The van der Waals surface area contributed by atoms with Gasteiger partial charge in [-0.05, 0) is 44.1 Å². The van der Waals surface area contributed by atoms with Gasteiger partial charge in [-0.1, -0.05) is 33.6 Å². The molecule has 0 amide bonds. The smallest absolute Gasteiger partial charge is 0.0624 e. The summed E-state index contributed by atoms with van der Waals surface area (Å²) < 4.78 is 2.10. The molecular formula is C16H30N2O. The molecule has 0 fully saturated rings. The summed E-state index contributed by atoms with van der Waals surface area (Å²) in [5.74, 6) is 0. The Bertz CT molecular complexity index is 367. The maximum atomic E-state index is 9.86. The van der Waals surface area contributed by atoms with Crippen molar-refractivity contribution in [1.29, 1.82) is 0 Å². The van der Waals surface area contributed by atoms with E-state index in [1.165, 1.54) is 18.5 Å². The molecule has 0 aromatic carbocycles. The van der Waals surface area contributed by atoms with Gasteiger partial charge in [-0.2, -0.15) is 5.10 Å². The largest absolute Gasteiger partial charge is 0.396 e. The standard InChI is InChI=1S/C16H30N2O/c1-5-9-10-16(7-3,13-19)12-15-11-14(6-2)17-18(15)8-4/h11,19H,5-10,12-13H2,1-4H3. The zero-order chi connectivity index (χ0) is 14.3. The van der Waals surface area contributed by atoms with E-state index in [0.717, 1.165) is 37.9 Å². The Hall–Kier alpha value is -0.830. The van der Waals surface area contributed by atoms with Crippen LogP contribution in [0.4, 0.5) is 0 Å². The Morgan fingerprint density at radius 2 is 2.00 bits per heavy atom. The van der Waals surface area contributed by atoms with E-state index in [2.05, 4.69) is 43.5 Å². The first-order valence-electron chi connectivity index (χ1n) is 7.81. The van der Waals surface area contributed by atoms with Gasteiger partial charge in [0.25, 0.3) is 0 Å². The van der Waals surface area contributed by atoms with E-state index in [1.54, 1.807) is 0 Å². The first-order chi connectivity index (χ1) is 9.14. The maximum absolute atomic E-state index is 9.86. The van der Waals surface area contributed by atoms with Crippen molar-refractivity contribution in [3.8, 4) is 0 Å². The Morgan fingerprint density at radius 1 is 1.26 bits per heavy atom. The monoisotopic (exact) mass is 266 g/mol. The van der Waals surface area contributed by atoms with Gasteiger partial charge in [-0.25, -0.2) is 0 Å². The van der Waals surface area contributed by atoms with Gasteiger partial charge in [0.2, 0.25) is 0 Å². The van der Waals surface area contributed by atoms with Crippen LogP contribution in [0.1, 0.15) is 64.8 Å². The third-order valence-corrected chi connectivity index (χ3v) is 4.28. The van der Waals surface area contributed by atoms with Gasteiger partial charge in [0, 0.05) is 18.8 Å². The normalized spacial score (nSPS) is 14.6. The van der Waals surface area contributed by atoms with E-state index in [9.17, 15) is 5.11 Å². The van der Waals surface area contributed by atoms with E-state index in [1.807, 2.05) is 0 Å². The minimum Gasteiger partial charge on any atom is -0.396 e. The molecule has 3 nitrogen and oxygen atoms in total. The van der Waals surface area contributed by atoms with Gasteiger partial charge in [-0.15, -0.1) is 0 Å². The number of aliphatic hydroxyl groups excluding tert-OH is 1. The lowest BCUT2D eigenvalue weighted by atomic mass is 9.77. The van der Waals surface area contributed by atoms with Crippen LogP contribution < -0.4 is 0 Å². The summed E-state index contributed by atoms with van der Waals surface area (Å²) >= 11 is 0. The number of aromatic nitrogens is 2. The summed E-state index contributed by atoms with van der Waals surface area (Å²) in [6, 6.07) is 2.22. The summed E-state index contributed by atoms with van der Waals surface area (Å²) in [7, 11) is 0. The van der Waals surface area contributed by atoms with Crippen LogP contribution in [0.25, 0.3) is 0 Å². The van der Waals surface area contributed by atoms with Gasteiger partial charge in [0.05, 0.1) is 5.69 Å². The molecule has 0 aliphatic heterocycles. The van der Waals surface area contributed by atoms with Crippen molar-refractivity contribution in [3.63, 3.8) is 0 Å². The lowest BCUT2D eigenvalue weighted by molar-refractivity contribution is 0.105. The average Bonchev–Trinajstić information content (AvgIpc) is 2.85. The van der Waals surface area contributed by atoms with E-state index >= 15 is 0 Å². The quantitative estimate of drug-likeness (QED) is 0.742. The van der Waals surface area contributed by atoms with Crippen LogP contribution in [-0.4, -0.2) is 21.5 Å². The van der Waals surface area contributed by atoms with Crippen LogP contribution in [0.5, 0.6) is 0 Å². The van der Waals surface area contributed by atoms with Crippen molar-refractivity contribution in [1.82, 2.24) is 9.78 Å². The molecule has 0 saturated carbocycles. The molecule has 0 aliphatic rings. The van der Waals surface area contributed by atoms with Crippen LogP contribution in [0, 0.1) is 5.41 Å². The highest BCUT2D eigenvalue weighted by Crippen LogP contribution is 2.32. The molecule has 0 spiro atoms. The van der Waals surface area contributed by atoms with Crippen LogP contribution in [0.3, 0.4) is 0 Å². The van der Waals surface area contributed by atoms with E-state index in [0.29, 0.717) is 0 Å². The Balaban J connectivity index is 2.91. The molecule has 110 valence electrons. The second-order valence-corrected chi connectivity index (χ2v) is 5.59. The number of hydrogen-bond donors (Lipinski definition) is 1. The molecule has 1 rings (SSSR count). The first kappa shape index (κ1) is 16.2. The highest BCUT2D eigenvalue weighted by atomic mass is 16.3. The number of nitrogens with zero attached hydrogens (tertiary/aromatic N) is 2. The molecule has 19 heavy (non-hydrogen) atoms. The molecular weight excluding hydrogens is 236 g/mol. The van der Waals surface area contributed by atoms with Gasteiger partial charge in [0.1, 0.15) is 0 Å². The SMILES string of the molecule is CCCCC(CC)(CO)Cc1cc(CC)nn1CC. The van der Waals surface area contributed by atoms with Gasteiger partial charge >= 0.3 is 0 Å². The minimum atomic E-state index is 0.0357. The van der Waals surface area contributed by atoms with Crippen LogP contribution in [0.15, 0.2) is 6.07 Å². The topological polar surface area (TPSA) is 38.1 Å². The molecule has 0 aliphatic carbocycles. The highest BCUT2D eigenvalue weighted by molar-refractivity contribution is 5.12. The second kappa shape index (κ2) is 7.68. The van der Waals surface area contributed by atoms with Crippen molar-refractivity contribution in [2.75, 3.05) is 6.61 Å². The predicted molar refractivity (Wildman–Crippen MR) is 80.3 cm³/mol. The zero-order valence-electron chi connectivity index (χ0n) is 13.1. The molecule has 1 unspecified atom stereocenters. The van der Waals surface area contributed by atoms with Crippen molar-refractivity contribution >= 4 is 0 Å². The summed E-state index contributed by atoms with van der Waals surface area (Å²) in [6.45, 7) is 9.87. The predicted octanol–water partition coefficient (Wildman–Crippen LogP) is 3.59. The zero-order valence-corrected chi connectivity index (χ0v) is 13.1. The summed E-state index contributed by atoms with van der Waals surface area (Å²) in [6.07, 6.45) is 6.44. The van der Waals surface area contributed by atoms with E-state index in [4.69, 9.17) is 0 Å². The fraction of sp³-hybridized carbons (Fsp3) is 0.812. The molecule has 3 heteroatoms. The highest BCUT2D eigenvalue weighted by Gasteiger charge is 2.28. The molecule has 0 bridgehead atoms. The second-order valence-electron chi connectivity index (χ2n) is 5.59. The van der Waals surface area contributed by atoms with Crippen molar-refractivity contribution in [2.24, 2.45) is 5.41 Å². The first-order valence-corrected chi connectivity index (χ1v) is 7.81. The Morgan fingerprint density at radius 3 is 2.47 bits per heavy atom. The van der Waals surface area contributed by atoms with Crippen molar-refractivity contribution in [3.05, 3.63) is 17.5 Å². The third kappa shape index (κ3) is 4.07. The summed E-state index contributed by atoms with van der Waals surface area (Å²) in [5.41, 5.74) is 2.48. The maximum Gasteiger partial charge on any atom is 0.0624 e. The van der Waals surface area contributed by atoms with Crippen LogP contribution in [-0.2, 0) is 19.4 Å². The van der Waals surface area contributed by atoms with Crippen molar-refractivity contribution in [2.45, 2.75) is 72.8 Å². The number of aryl methyl sites for hydroxylation is 2. The number of unbranched alkanes of at least 4 members (excludes halogenated alkanes) is 1. The van der Waals surface area contributed by atoms with Gasteiger partial charge in [-0.3, -0.25) is 4.68 Å². The minimum absolute atomic E-state index is 0.0357. The van der Waals surface area contributed by atoms with Crippen molar-refractivity contribution < 1.29 is 5.11 Å². The lowest BCUT2D eigenvalue weighted by Gasteiger charge is -2.31.